The Hall–Kier alpha value is 0.390. The number of hydrogen-bond acceptors (Lipinski definition) is 3. The van der Waals surface area contributed by atoms with E-state index in [0.717, 1.165) is 19.3 Å². The number of halogens is 2. The Kier molecular flexibility index (Phi) is 12.7. The van der Waals surface area contributed by atoms with Gasteiger partial charge in [0.05, 0.1) is 13.7 Å². The van der Waals surface area contributed by atoms with Crippen molar-refractivity contribution < 1.29 is 14.3 Å². The van der Waals surface area contributed by atoms with Crippen LogP contribution < -0.4 is 0 Å². The van der Waals surface area contributed by atoms with E-state index in [2.05, 4.69) is 38.8 Å². The molecule has 0 spiro atoms. The summed E-state index contributed by atoms with van der Waals surface area (Å²) in [5.41, 5.74) is -0.592. The first kappa shape index (κ1) is 23.4. The van der Waals surface area contributed by atoms with Gasteiger partial charge in [-0.3, -0.25) is 0 Å². The summed E-state index contributed by atoms with van der Waals surface area (Å²) in [4.78, 5) is 12.7. The second-order valence-electron chi connectivity index (χ2n) is 7.32. The Balaban J connectivity index is 1.95. The van der Waals surface area contributed by atoms with Gasteiger partial charge in [-0.1, -0.05) is 96.6 Å². The fraction of sp³-hybridized carbons (Fsp3) is 0.950. The Labute approximate surface area is 171 Å². The maximum atomic E-state index is 11.6. The summed E-state index contributed by atoms with van der Waals surface area (Å²) >= 11 is 7.70. The number of carbonyl (C=O) groups excluding carboxylic acids is 1. The highest BCUT2D eigenvalue weighted by atomic mass is 79.9. The average molecular weight is 484 g/mol. The SMILES string of the molecule is CCCCCCCC[C@H](Br)[C@H](Br)CCCCCC[C@]1(C(=O)OC)CO1. The summed E-state index contributed by atoms with van der Waals surface area (Å²) in [6, 6.07) is 0. The number of rotatable bonds is 16. The minimum atomic E-state index is -0.592. The van der Waals surface area contributed by atoms with Crippen LogP contribution in [0.5, 0.6) is 0 Å². The maximum absolute atomic E-state index is 11.6. The van der Waals surface area contributed by atoms with Gasteiger partial charge in [0, 0.05) is 9.65 Å². The molecule has 1 saturated heterocycles. The predicted octanol–water partition coefficient (Wildman–Crippen LogP) is 6.55. The smallest absolute Gasteiger partial charge is 0.340 e. The molecule has 0 aromatic rings. The molecule has 0 amide bonds. The van der Waals surface area contributed by atoms with Crippen molar-refractivity contribution in [1.82, 2.24) is 0 Å². The minimum absolute atomic E-state index is 0.204. The molecular formula is C20H36Br2O3. The van der Waals surface area contributed by atoms with Gasteiger partial charge >= 0.3 is 5.97 Å². The van der Waals surface area contributed by atoms with Gasteiger partial charge in [0.2, 0.25) is 0 Å². The van der Waals surface area contributed by atoms with Gasteiger partial charge in [0.1, 0.15) is 0 Å². The van der Waals surface area contributed by atoms with Gasteiger partial charge < -0.3 is 9.47 Å². The first-order valence-electron chi connectivity index (χ1n) is 10.1. The molecule has 1 rings (SSSR count). The zero-order valence-electron chi connectivity index (χ0n) is 16.0. The molecule has 0 saturated carbocycles. The first-order chi connectivity index (χ1) is 12.1. The quantitative estimate of drug-likeness (QED) is 0.108. The lowest BCUT2D eigenvalue weighted by molar-refractivity contribution is -0.147. The third kappa shape index (κ3) is 9.76. The van der Waals surface area contributed by atoms with E-state index in [1.54, 1.807) is 0 Å². The largest absolute Gasteiger partial charge is 0.467 e. The fourth-order valence-electron chi connectivity index (χ4n) is 3.22. The van der Waals surface area contributed by atoms with Gasteiger partial charge in [-0.15, -0.1) is 0 Å². The van der Waals surface area contributed by atoms with Crippen LogP contribution in [-0.2, 0) is 14.3 Å². The van der Waals surface area contributed by atoms with Crippen molar-refractivity contribution in [1.29, 1.82) is 0 Å². The molecule has 1 fully saturated rings. The molecule has 0 aromatic carbocycles. The van der Waals surface area contributed by atoms with Crippen molar-refractivity contribution in [3.05, 3.63) is 0 Å². The van der Waals surface area contributed by atoms with Gasteiger partial charge in [-0.2, -0.15) is 0 Å². The number of methoxy groups -OCH3 is 1. The van der Waals surface area contributed by atoms with Crippen LogP contribution in [0.25, 0.3) is 0 Å². The van der Waals surface area contributed by atoms with E-state index in [4.69, 9.17) is 9.47 Å². The Bertz CT molecular complexity index is 359. The Morgan fingerprint density at radius 1 is 0.960 bits per heavy atom. The minimum Gasteiger partial charge on any atom is -0.467 e. The molecule has 25 heavy (non-hydrogen) atoms. The summed E-state index contributed by atoms with van der Waals surface area (Å²) in [6.07, 6.45) is 16.1. The van der Waals surface area contributed by atoms with Crippen LogP contribution in [-0.4, -0.2) is 34.9 Å². The summed E-state index contributed by atoms with van der Waals surface area (Å²) in [6.45, 7) is 2.80. The molecule has 3 nitrogen and oxygen atoms in total. The Morgan fingerprint density at radius 3 is 1.92 bits per heavy atom. The molecule has 0 aromatic heterocycles. The molecule has 0 bridgehead atoms. The highest BCUT2D eigenvalue weighted by molar-refractivity contribution is 9.12. The number of epoxide rings is 1. The number of unbranched alkanes of at least 4 members (excludes halogenated alkanes) is 8. The lowest BCUT2D eigenvalue weighted by Gasteiger charge is -2.16. The zero-order chi connectivity index (χ0) is 18.5. The van der Waals surface area contributed by atoms with Crippen LogP contribution >= 0.6 is 31.9 Å². The van der Waals surface area contributed by atoms with Crippen LogP contribution in [0, 0.1) is 0 Å². The summed E-state index contributed by atoms with van der Waals surface area (Å²) < 4.78 is 10.1. The van der Waals surface area contributed by atoms with Crippen LogP contribution in [0.15, 0.2) is 0 Å². The number of esters is 1. The number of alkyl halides is 2. The van der Waals surface area contributed by atoms with Gasteiger partial charge in [-0.25, -0.2) is 4.79 Å². The predicted molar refractivity (Wildman–Crippen MR) is 112 cm³/mol. The summed E-state index contributed by atoms with van der Waals surface area (Å²) in [7, 11) is 1.43. The van der Waals surface area contributed by atoms with E-state index in [1.165, 1.54) is 71.3 Å². The highest BCUT2D eigenvalue weighted by Gasteiger charge is 2.52. The molecule has 1 aliphatic rings. The van der Waals surface area contributed by atoms with Crippen LogP contribution in [0.1, 0.15) is 90.4 Å². The van der Waals surface area contributed by atoms with Crippen molar-refractivity contribution in [2.75, 3.05) is 13.7 Å². The van der Waals surface area contributed by atoms with Gasteiger partial charge in [0.15, 0.2) is 5.60 Å². The number of carbonyl (C=O) groups is 1. The van der Waals surface area contributed by atoms with Crippen molar-refractivity contribution in [3.8, 4) is 0 Å². The molecule has 5 heteroatoms. The standard InChI is InChI=1S/C20H36Br2O3/c1-3-4-5-6-7-10-13-17(21)18(22)14-11-8-9-12-15-20(16-25-20)19(23)24-2/h17-18H,3-16H2,1-2H3/t17-,18+,20+/m0/s1. The van der Waals surface area contributed by atoms with E-state index in [0.29, 0.717) is 16.3 Å². The van der Waals surface area contributed by atoms with Crippen molar-refractivity contribution in [2.45, 2.75) is 106 Å². The average Bonchev–Trinajstić information content (AvgIpc) is 3.40. The molecule has 0 radical (unpaired) electrons. The van der Waals surface area contributed by atoms with E-state index >= 15 is 0 Å². The topological polar surface area (TPSA) is 38.8 Å². The van der Waals surface area contributed by atoms with E-state index < -0.39 is 5.60 Å². The van der Waals surface area contributed by atoms with Crippen molar-refractivity contribution in [2.24, 2.45) is 0 Å². The molecule has 0 unspecified atom stereocenters. The zero-order valence-corrected chi connectivity index (χ0v) is 19.2. The maximum Gasteiger partial charge on any atom is 0.340 e. The van der Waals surface area contributed by atoms with Crippen LogP contribution in [0.4, 0.5) is 0 Å². The second kappa shape index (κ2) is 13.5. The first-order valence-corrected chi connectivity index (χ1v) is 11.9. The number of ether oxygens (including phenoxy) is 2. The highest BCUT2D eigenvalue weighted by Crippen LogP contribution is 2.34. The van der Waals surface area contributed by atoms with Crippen molar-refractivity contribution >= 4 is 37.8 Å². The molecule has 0 aliphatic carbocycles. The molecule has 1 heterocycles. The van der Waals surface area contributed by atoms with Crippen LogP contribution in [0.3, 0.4) is 0 Å². The Morgan fingerprint density at radius 2 is 1.44 bits per heavy atom. The molecule has 1 aliphatic heterocycles. The fourth-order valence-corrected chi connectivity index (χ4v) is 4.40. The van der Waals surface area contributed by atoms with E-state index in [-0.39, 0.29) is 5.97 Å². The molecular weight excluding hydrogens is 448 g/mol. The van der Waals surface area contributed by atoms with Gasteiger partial charge in [-0.05, 0) is 25.7 Å². The van der Waals surface area contributed by atoms with E-state index in [9.17, 15) is 4.79 Å². The normalized spacial score (nSPS) is 21.8. The monoisotopic (exact) mass is 482 g/mol. The molecule has 3 atom stereocenters. The number of hydrogen-bond donors (Lipinski definition) is 0. The van der Waals surface area contributed by atoms with E-state index in [1.807, 2.05) is 0 Å². The molecule has 0 N–H and O–H groups in total. The summed E-state index contributed by atoms with van der Waals surface area (Å²) in [5, 5.41) is 0. The third-order valence-corrected chi connectivity index (χ3v) is 7.99. The lowest BCUT2D eigenvalue weighted by Crippen LogP contribution is -2.25. The van der Waals surface area contributed by atoms with Crippen LogP contribution in [0.2, 0.25) is 0 Å². The summed E-state index contributed by atoms with van der Waals surface area (Å²) in [5.74, 6) is -0.204. The van der Waals surface area contributed by atoms with Gasteiger partial charge in [0.25, 0.3) is 0 Å². The molecule has 148 valence electrons. The lowest BCUT2D eigenvalue weighted by atomic mass is 10.0. The van der Waals surface area contributed by atoms with Crippen molar-refractivity contribution in [3.63, 3.8) is 0 Å². The second-order valence-corrected chi connectivity index (χ2v) is 9.67. The third-order valence-electron chi connectivity index (χ3n) is 5.09.